The number of aliphatic hydroxyl groups excluding tert-OH is 1. The van der Waals surface area contributed by atoms with E-state index in [1.807, 2.05) is 0 Å². The molecule has 0 aliphatic carbocycles. The minimum Gasteiger partial charge on any atom is -0.395 e. The average Bonchev–Trinajstić information content (AvgIpc) is 2.74. The summed E-state index contributed by atoms with van der Waals surface area (Å²) in [5, 5.41) is 12.7. The van der Waals surface area contributed by atoms with Crippen LogP contribution >= 0.6 is 0 Å². The Balaban J connectivity index is 2.56. The van der Waals surface area contributed by atoms with Crippen LogP contribution in [-0.2, 0) is 4.74 Å². The molecule has 0 saturated carbocycles. The first kappa shape index (κ1) is 15.9. The van der Waals surface area contributed by atoms with E-state index in [-0.39, 0.29) is 17.6 Å². The van der Waals surface area contributed by atoms with Gasteiger partial charge in [0.15, 0.2) is 0 Å². The largest absolute Gasteiger partial charge is 0.395 e. The second kappa shape index (κ2) is 6.85. The lowest BCUT2D eigenvalue weighted by Crippen LogP contribution is -2.49. The highest BCUT2D eigenvalue weighted by atomic mass is 16.5. The number of rotatable bonds is 7. The highest BCUT2D eigenvalue weighted by molar-refractivity contribution is 4.90. The molecule has 0 amide bonds. The molecule has 1 heterocycles. The number of hydrogen-bond donors (Lipinski definition) is 2. The van der Waals surface area contributed by atoms with Crippen LogP contribution in [-0.4, -0.2) is 61.5 Å². The number of hydrogen-bond acceptors (Lipinski definition) is 4. The van der Waals surface area contributed by atoms with Gasteiger partial charge in [-0.15, -0.1) is 0 Å². The molecule has 1 aliphatic heterocycles. The second-order valence-corrected chi connectivity index (χ2v) is 6.50. The number of nitrogens with zero attached hydrogens (tertiary/aromatic N) is 1. The zero-order valence-electron chi connectivity index (χ0n) is 12.5. The van der Waals surface area contributed by atoms with Crippen molar-refractivity contribution in [2.24, 2.45) is 5.41 Å². The Hall–Kier alpha value is -0.160. The van der Waals surface area contributed by atoms with Gasteiger partial charge < -0.3 is 20.1 Å². The molecule has 1 rings (SSSR count). The average molecular weight is 258 g/mol. The molecule has 0 aromatic carbocycles. The standard InChI is InChI=1S/C14H30N2O2/c1-5-16(7-8-17)11-14(6-9-18-12-14)10-15-13(2,3)4/h15,17H,5-12H2,1-4H3. The van der Waals surface area contributed by atoms with Gasteiger partial charge in [0.25, 0.3) is 0 Å². The topological polar surface area (TPSA) is 44.7 Å². The first-order valence-corrected chi connectivity index (χ1v) is 7.07. The molecule has 0 radical (unpaired) electrons. The van der Waals surface area contributed by atoms with Gasteiger partial charge in [-0.05, 0) is 33.7 Å². The third kappa shape index (κ3) is 5.22. The van der Waals surface area contributed by atoms with Crippen molar-refractivity contribution in [3.8, 4) is 0 Å². The zero-order chi connectivity index (χ0) is 13.6. The molecule has 108 valence electrons. The van der Waals surface area contributed by atoms with Crippen molar-refractivity contribution in [1.82, 2.24) is 10.2 Å². The van der Waals surface area contributed by atoms with Gasteiger partial charge in [-0.25, -0.2) is 0 Å². The molecule has 0 bridgehead atoms. The SMILES string of the molecule is CCN(CCO)CC1(CNC(C)(C)C)CCOC1. The van der Waals surface area contributed by atoms with Crippen LogP contribution in [0.15, 0.2) is 0 Å². The third-order valence-corrected chi connectivity index (χ3v) is 3.60. The second-order valence-electron chi connectivity index (χ2n) is 6.50. The molecule has 4 nitrogen and oxygen atoms in total. The monoisotopic (exact) mass is 258 g/mol. The molecule has 0 aromatic rings. The van der Waals surface area contributed by atoms with E-state index in [1.54, 1.807) is 0 Å². The van der Waals surface area contributed by atoms with Crippen LogP contribution < -0.4 is 5.32 Å². The lowest BCUT2D eigenvalue weighted by Gasteiger charge is -2.36. The molecule has 0 spiro atoms. The maximum Gasteiger partial charge on any atom is 0.0558 e. The summed E-state index contributed by atoms with van der Waals surface area (Å²) < 4.78 is 5.62. The van der Waals surface area contributed by atoms with Crippen molar-refractivity contribution in [2.45, 2.75) is 39.7 Å². The molecular formula is C14H30N2O2. The summed E-state index contributed by atoms with van der Waals surface area (Å²) in [6, 6.07) is 0. The fraction of sp³-hybridized carbons (Fsp3) is 1.00. The zero-order valence-corrected chi connectivity index (χ0v) is 12.5. The molecule has 1 fully saturated rings. The van der Waals surface area contributed by atoms with E-state index in [4.69, 9.17) is 9.84 Å². The van der Waals surface area contributed by atoms with Crippen molar-refractivity contribution in [2.75, 3.05) is 46.0 Å². The quantitative estimate of drug-likeness (QED) is 0.718. The van der Waals surface area contributed by atoms with E-state index in [0.29, 0.717) is 0 Å². The van der Waals surface area contributed by atoms with Crippen LogP contribution in [0.25, 0.3) is 0 Å². The summed E-state index contributed by atoms with van der Waals surface area (Å²) in [4.78, 5) is 2.32. The van der Waals surface area contributed by atoms with Gasteiger partial charge in [0.05, 0.1) is 13.2 Å². The van der Waals surface area contributed by atoms with Crippen LogP contribution in [0, 0.1) is 5.41 Å². The predicted octanol–water partition coefficient (Wildman–Crippen LogP) is 1.10. The summed E-state index contributed by atoms with van der Waals surface area (Å²) >= 11 is 0. The first-order valence-electron chi connectivity index (χ1n) is 7.07. The van der Waals surface area contributed by atoms with Crippen LogP contribution in [0.1, 0.15) is 34.1 Å². The lowest BCUT2D eigenvalue weighted by molar-refractivity contribution is 0.0948. The van der Waals surface area contributed by atoms with Crippen molar-refractivity contribution in [3.05, 3.63) is 0 Å². The van der Waals surface area contributed by atoms with Gasteiger partial charge in [0.2, 0.25) is 0 Å². The Bertz CT molecular complexity index is 232. The Labute approximate surface area is 112 Å². The van der Waals surface area contributed by atoms with Crippen molar-refractivity contribution in [1.29, 1.82) is 0 Å². The molecule has 18 heavy (non-hydrogen) atoms. The Morgan fingerprint density at radius 1 is 1.39 bits per heavy atom. The van der Waals surface area contributed by atoms with Crippen molar-refractivity contribution in [3.63, 3.8) is 0 Å². The maximum atomic E-state index is 9.10. The summed E-state index contributed by atoms with van der Waals surface area (Å²) in [5.41, 5.74) is 0.349. The number of aliphatic hydroxyl groups is 1. The van der Waals surface area contributed by atoms with E-state index < -0.39 is 0 Å². The Morgan fingerprint density at radius 3 is 2.56 bits per heavy atom. The Morgan fingerprint density at radius 2 is 2.11 bits per heavy atom. The van der Waals surface area contributed by atoms with Crippen LogP contribution in [0.3, 0.4) is 0 Å². The summed E-state index contributed by atoms with van der Waals surface area (Å²) in [6.45, 7) is 14.4. The molecule has 1 unspecified atom stereocenters. The summed E-state index contributed by atoms with van der Waals surface area (Å²) in [6.07, 6.45) is 1.11. The van der Waals surface area contributed by atoms with Gasteiger partial charge in [0, 0.05) is 37.2 Å². The number of likely N-dealkylation sites (N-methyl/N-ethyl adjacent to an activating group) is 1. The fourth-order valence-corrected chi connectivity index (χ4v) is 2.39. The maximum absolute atomic E-state index is 9.10. The van der Waals surface area contributed by atoms with E-state index in [9.17, 15) is 0 Å². The summed E-state index contributed by atoms with van der Waals surface area (Å²) in [7, 11) is 0. The van der Waals surface area contributed by atoms with E-state index in [0.717, 1.165) is 45.8 Å². The van der Waals surface area contributed by atoms with Crippen LogP contribution in [0.2, 0.25) is 0 Å². The van der Waals surface area contributed by atoms with Crippen LogP contribution in [0.4, 0.5) is 0 Å². The van der Waals surface area contributed by atoms with E-state index >= 15 is 0 Å². The summed E-state index contributed by atoms with van der Waals surface area (Å²) in [5.74, 6) is 0. The molecule has 1 saturated heterocycles. The van der Waals surface area contributed by atoms with Crippen molar-refractivity contribution >= 4 is 0 Å². The van der Waals surface area contributed by atoms with Gasteiger partial charge in [-0.2, -0.15) is 0 Å². The fourth-order valence-electron chi connectivity index (χ4n) is 2.39. The minimum absolute atomic E-state index is 0.142. The lowest BCUT2D eigenvalue weighted by atomic mass is 9.85. The number of nitrogens with one attached hydrogen (secondary N) is 1. The van der Waals surface area contributed by atoms with Gasteiger partial charge in [-0.1, -0.05) is 6.92 Å². The molecule has 4 heteroatoms. The van der Waals surface area contributed by atoms with Crippen molar-refractivity contribution < 1.29 is 9.84 Å². The minimum atomic E-state index is 0.142. The van der Waals surface area contributed by atoms with E-state index in [2.05, 4.69) is 37.9 Å². The third-order valence-electron chi connectivity index (χ3n) is 3.60. The highest BCUT2D eigenvalue weighted by Gasteiger charge is 2.36. The Kier molecular flexibility index (Phi) is 6.05. The van der Waals surface area contributed by atoms with E-state index in [1.165, 1.54) is 0 Å². The highest BCUT2D eigenvalue weighted by Crippen LogP contribution is 2.29. The molecular weight excluding hydrogens is 228 g/mol. The first-order chi connectivity index (χ1) is 8.41. The molecule has 0 aromatic heterocycles. The van der Waals surface area contributed by atoms with Gasteiger partial charge in [-0.3, -0.25) is 0 Å². The number of ether oxygens (including phenoxy) is 1. The normalized spacial score (nSPS) is 25.0. The molecule has 2 N–H and O–H groups in total. The van der Waals surface area contributed by atoms with Gasteiger partial charge in [0.1, 0.15) is 0 Å². The molecule has 1 aliphatic rings. The van der Waals surface area contributed by atoms with Gasteiger partial charge >= 0.3 is 0 Å². The van der Waals surface area contributed by atoms with Crippen LogP contribution in [0.5, 0.6) is 0 Å². The predicted molar refractivity (Wildman–Crippen MR) is 74.8 cm³/mol. The molecule has 1 atom stereocenters. The smallest absolute Gasteiger partial charge is 0.0558 e.